The summed E-state index contributed by atoms with van der Waals surface area (Å²) >= 11 is 0. The van der Waals surface area contributed by atoms with E-state index in [2.05, 4.69) is 10.6 Å². The summed E-state index contributed by atoms with van der Waals surface area (Å²) in [5, 5.41) is 17.4. The highest BCUT2D eigenvalue weighted by molar-refractivity contribution is 6.05. The Morgan fingerprint density at radius 3 is 2.16 bits per heavy atom. The summed E-state index contributed by atoms with van der Waals surface area (Å²) in [6.07, 6.45) is 3.20. The zero-order valence-electron chi connectivity index (χ0n) is 19.9. The first-order chi connectivity index (χ1) is 14.4. The quantitative estimate of drug-likeness (QED) is 0.565. The molecule has 31 heavy (non-hydrogen) atoms. The van der Waals surface area contributed by atoms with Crippen molar-refractivity contribution in [1.29, 1.82) is 0 Å². The van der Waals surface area contributed by atoms with Crippen molar-refractivity contribution in [2.45, 2.75) is 71.6 Å². The Hall–Kier alpha value is -2.69. The van der Waals surface area contributed by atoms with Crippen LogP contribution in [-0.2, 0) is 17.3 Å². The van der Waals surface area contributed by atoms with E-state index in [9.17, 15) is 9.90 Å². The molecule has 1 aliphatic rings. The fourth-order valence-corrected chi connectivity index (χ4v) is 4.03. The number of hydrogen-bond acceptors (Lipinski definition) is 4. The van der Waals surface area contributed by atoms with Gasteiger partial charge in [0, 0.05) is 35.0 Å². The molecule has 0 bridgehead atoms. The first-order valence-electron chi connectivity index (χ1n) is 11.1. The summed E-state index contributed by atoms with van der Waals surface area (Å²) in [5.74, 6) is 0.688. The lowest BCUT2D eigenvalue weighted by Gasteiger charge is -2.28. The van der Waals surface area contributed by atoms with Gasteiger partial charge in [0.2, 0.25) is 0 Å². The number of aryl methyl sites for hydroxylation is 1. The molecule has 0 radical (unpaired) electrons. The van der Waals surface area contributed by atoms with Crippen LogP contribution in [0.4, 0.5) is 11.4 Å². The molecule has 5 heteroatoms. The molecule has 5 nitrogen and oxygen atoms in total. The second-order valence-corrected chi connectivity index (χ2v) is 10.5. The average molecular weight is 425 g/mol. The summed E-state index contributed by atoms with van der Waals surface area (Å²) < 4.78 is 5.57. The highest BCUT2D eigenvalue weighted by Gasteiger charge is 2.28. The number of methoxy groups -OCH3 is 1. The number of phenols is 1. The minimum Gasteiger partial charge on any atom is -0.507 e. The molecule has 168 valence electrons. The topological polar surface area (TPSA) is 70.6 Å². The Morgan fingerprint density at radius 2 is 1.61 bits per heavy atom. The van der Waals surface area contributed by atoms with E-state index in [0.29, 0.717) is 17.0 Å². The zero-order chi connectivity index (χ0) is 23.0. The summed E-state index contributed by atoms with van der Waals surface area (Å²) in [5.41, 5.74) is 4.39. The van der Waals surface area contributed by atoms with Gasteiger partial charge in [-0.05, 0) is 53.9 Å². The Morgan fingerprint density at radius 1 is 1.00 bits per heavy atom. The minimum atomic E-state index is -0.298. The minimum absolute atomic E-state index is 0.212. The number of fused-ring (bicyclic) bond motifs is 1. The Balaban J connectivity index is 2.03. The van der Waals surface area contributed by atoms with Gasteiger partial charge in [0.15, 0.2) is 0 Å². The second kappa shape index (κ2) is 8.45. The third-order valence-corrected chi connectivity index (χ3v) is 5.85. The highest BCUT2D eigenvalue weighted by atomic mass is 16.5. The summed E-state index contributed by atoms with van der Waals surface area (Å²) in [6.45, 7) is 13.2. The summed E-state index contributed by atoms with van der Waals surface area (Å²) in [6, 6.07) is 7.59. The van der Waals surface area contributed by atoms with Gasteiger partial charge in [0.1, 0.15) is 11.5 Å². The van der Waals surface area contributed by atoms with Gasteiger partial charge in [-0.2, -0.15) is 0 Å². The third kappa shape index (κ3) is 4.97. The predicted octanol–water partition coefficient (Wildman–Crippen LogP) is 6.00. The zero-order valence-corrected chi connectivity index (χ0v) is 19.9. The van der Waals surface area contributed by atoms with Crippen molar-refractivity contribution in [3.05, 3.63) is 46.5 Å². The molecule has 1 amide bonds. The standard InChI is InChI=1S/C26H36N2O3/c1-25(2,3)18-12-17(13-19(23(18)29)26(4,5)6)24(30)28-21-14-16-10-8-9-11-27-20(16)15-22(21)31-7/h12-15,27,29H,8-11H2,1-7H3,(H,28,30). The molecule has 0 saturated heterocycles. The Labute approximate surface area is 186 Å². The van der Waals surface area contributed by atoms with Gasteiger partial charge in [-0.25, -0.2) is 0 Å². The number of carbonyl (C=O) groups excluding carboxylic acids is 1. The predicted molar refractivity (Wildman–Crippen MR) is 128 cm³/mol. The van der Waals surface area contributed by atoms with Gasteiger partial charge in [0.05, 0.1) is 12.8 Å². The third-order valence-electron chi connectivity index (χ3n) is 5.85. The van der Waals surface area contributed by atoms with E-state index in [1.807, 2.05) is 53.7 Å². The molecule has 1 heterocycles. The molecular weight excluding hydrogens is 388 g/mol. The van der Waals surface area contributed by atoms with E-state index in [-0.39, 0.29) is 22.5 Å². The molecule has 0 spiro atoms. The van der Waals surface area contributed by atoms with Crippen LogP contribution in [0, 0.1) is 0 Å². The molecule has 0 saturated carbocycles. The van der Waals surface area contributed by atoms with E-state index in [1.54, 1.807) is 19.2 Å². The normalized spacial score (nSPS) is 14.3. The van der Waals surface area contributed by atoms with Gasteiger partial charge in [-0.3, -0.25) is 4.79 Å². The monoisotopic (exact) mass is 424 g/mol. The van der Waals surface area contributed by atoms with E-state index < -0.39 is 0 Å². The van der Waals surface area contributed by atoms with E-state index in [1.165, 1.54) is 5.56 Å². The van der Waals surface area contributed by atoms with Crippen LogP contribution in [0.2, 0.25) is 0 Å². The molecule has 3 N–H and O–H groups in total. The lowest BCUT2D eigenvalue weighted by Crippen LogP contribution is -2.21. The van der Waals surface area contributed by atoms with Crippen molar-refractivity contribution in [1.82, 2.24) is 0 Å². The fraction of sp³-hybridized carbons (Fsp3) is 0.500. The number of amides is 1. The van der Waals surface area contributed by atoms with Crippen molar-refractivity contribution in [3.8, 4) is 11.5 Å². The first kappa shape index (κ1) is 23.0. The molecule has 0 aromatic heterocycles. The second-order valence-electron chi connectivity index (χ2n) is 10.5. The van der Waals surface area contributed by atoms with Crippen LogP contribution in [0.25, 0.3) is 0 Å². The molecule has 0 unspecified atom stereocenters. The SMILES string of the molecule is COc1cc2c(cc1NC(=O)c1cc(C(C)(C)C)c(O)c(C(C)(C)C)c1)CCCCN2. The first-order valence-corrected chi connectivity index (χ1v) is 11.1. The van der Waals surface area contributed by atoms with Crippen molar-refractivity contribution >= 4 is 17.3 Å². The lowest BCUT2D eigenvalue weighted by molar-refractivity contribution is 0.102. The molecule has 3 rings (SSSR count). The maximum atomic E-state index is 13.3. The lowest BCUT2D eigenvalue weighted by atomic mass is 9.78. The Bertz CT molecular complexity index is 946. The molecule has 0 fully saturated rings. The van der Waals surface area contributed by atoms with Gasteiger partial charge in [-0.15, -0.1) is 0 Å². The van der Waals surface area contributed by atoms with Crippen LogP contribution < -0.4 is 15.4 Å². The van der Waals surface area contributed by atoms with Crippen LogP contribution in [0.3, 0.4) is 0 Å². The van der Waals surface area contributed by atoms with E-state index >= 15 is 0 Å². The summed E-state index contributed by atoms with van der Waals surface area (Å²) in [4.78, 5) is 13.3. The molecule has 0 atom stereocenters. The van der Waals surface area contributed by atoms with E-state index in [4.69, 9.17) is 4.74 Å². The fourth-order valence-electron chi connectivity index (χ4n) is 4.03. The number of anilines is 2. The van der Waals surface area contributed by atoms with Crippen molar-refractivity contribution in [3.63, 3.8) is 0 Å². The number of nitrogens with one attached hydrogen (secondary N) is 2. The largest absolute Gasteiger partial charge is 0.507 e. The van der Waals surface area contributed by atoms with Gasteiger partial charge < -0.3 is 20.5 Å². The number of hydrogen-bond donors (Lipinski definition) is 3. The van der Waals surface area contributed by atoms with Gasteiger partial charge in [-0.1, -0.05) is 41.5 Å². The number of ether oxygens (including phenoxy) is 1. The molecule has 2 aromatic rings. The summed E-state index contributed by atoms with van der Waals surface area (Å²) in [7, 11) is 1.62. The molecule has 1 aliphatic heterocycles. The number of rotatable bonds is 3. The van der Waals surface area contributed by atoms with Crippen molar-refractivity contribution in [2.24, 2.45) is 0 Å². The van der Waals surface area contributed by atoms with Crippen LogP contribution in [0.15, 0.2) is 24.3 Å². The van der Waals surface area contributed by atoms with Gasteiger partial charge >= 0.3 is 0 Å². The average Bonchev–Trinajstić information content (AvgIpc) is 2.90. The van der Waals surface area contributed by atoms with Crippen molar-refractivity contribution < 1.29 is 14.6 Å². The molecular formula is C26H36N2O3. The Kier molecular flexibility index (Phi) is 6.26. The molecule has 0 aliphatic carbocycles. The van der Waals surface area contributed by atoms with Crippen LogP contribution in [-0.4, -0.2) is 24.7 Å². The van der Waals surface area contributed by atoms with Crippen molar-refractivity contribution in [2.75, 3.05) is 24.3 Å². The maximum absolute atomic E-state index is 13.3. The van der Waals surface area contributed by atoms with Crippen LogP contribution >= 0.6 is 0 Å². The van der Waals surface area contributed by atoms with Crippen LogP contribution in [0.1, 0.15) is 81.4 Å². The number of carbonyl (C=O) groups is 1. The number of phenolic OH excluding ortho intramolecular Hbond substituents is 1. The smallest absolute Gasteiger partial charge is 0.255 e. The van der Waals surface area contributed by atoms with Crippen LogP contribution in [0.5, 0.6) is 11.5 Å². The number of benzene rings is 2. The van der Waals surface area contributed by atoms with Gasteiger partial charge in [0.25, 0.3) is 5.91 Å². The van der Waals surface area contributed by atoms with E-state index in [0.717, 1.165) is 42.6 Å². The number of aromatic hydroxyl groups is 1. The highest BCUT2D eigenvalue weighted by Crippen LogP contribution is 2.40. The maximum Gasteiger partial charge on any atom is 0.255 e. The molecule has 2 aromatic carbocycles.